The molecule has 0 spiro atoms. The van der Waals surface area contributed by atoms with Crippen LogP contribution in [0, 0.1) is 5.92 Å². The Bertz CT molecular complexity index is 349. The van der Waals surface area contributed by atoms with Crippen molar-refractivity contribution in [1.29, 1.82) is 0 Å². The maximum absolute atomic E-state index is 4.24. The molecule has 1 rings (SSSR count). The Labute approximate surface area is 112 Å². The molecule has 0 aliphatic heterocycles. The Balaban J connectivity index is 2.80. The summed E-state index contributed by atoms with van der Waals surface area (Å²) in [4.78, 5) is 6.60. The van der Waals surface area contributed by atoms with Crippen molar-refractivity contribution >= 4 is 5.69 Å². The van der Waals surface area contributed by atoms with E-state index < -0.39 is 0 Å². The number of hydrogen-bond acceptors (Lipinski definition) is 3. The predicted octanol–water partition coefficient (Wildman–Crippen LogP) is 3.06. The molecule has 1 heterocycles. The van der Waals surface area contributed by atoms with E-state index in [1.165, 1.54) is 11.3 Å². The van der Waals surface area contributed by atoms with Gasteiger partial charge in [0.2, 0.25) is 0 Å². The van der Waals surface area contributed by atoms with Crippen molar-refractivity contribution in [1.82, 2.24) is 10.3 Å². The highest BCUT2D eigenvalue weighted by molar-refractivity contribution is 5.52. The van der Waals surface area contributed by atoms with Crippen molar-refractivity contribution in [2.24, 2.45) is 5.92 Å². The summed E-state index contributed by atoms with van der Waals surface area (Å²) in [5.74, 6) is 0.639. The fourth-order valence-electron chi connectivity index (χ4n) is 1.97. The lowest BCUT2D eigenvalue weighted by molar-refractivity contribution is 0.504. The fraction of sp³-hybridized carbons (Fsp3) is 0.667. The van der Waals surface area contributed by atoms with Crippen molar-refractivity contribution in [3.05, 3.63) is 24.0 Å². The number of pyridine rings is 1. The van der Waals surface area contributed by atoms with Gasteiger partial charge in [0, 0.05) is 43.3 Å². The Morgan fingerprint density at radius 3 is 2.67 bits per heavy atom. The van der Waals surface area contributed by atoms with Crippen LogP contribution in [-0.4, -0.2) is 24.6 Å². The summed E-state index contributed by atoms with van der Waals surface area (Å²) in [6.45, 7) is 10.9. The molecule has 1 N–H and O–H groups in total. The molecular formula is C15H27N3. The van der Waals surface area contributed by atoms with E-state index in [1.54, 1.807) is 0 Å². The van der Waals surface area contributed by atoms with Gasteiger partial charge in [0.25, 0.3) is 0 Å². The third kappa shape index (κ3) is 3.98. The maximum atomic E-state index is 4.24. The van der Waals surface area contributed by atoms with Gasteiger partial charge in [0.1, 0.15) is 0 Å². The number of rotatable bonds is 7. The van der Waals surface area contributed by atoms with Crippen molar-refractivity contribution in [3.8, 4) is 0 Å². The van der Waals surface area contributed by atoms with Crippen LogP contribution in [0.1, 0.15) is 39.7 Å². The first-order valence-electron chi connectivity index (χ1n) is 6.94. The summed E-state index contributed by atoms with van der Waals surface area (Å²) in [7, 11) is 2.17. The first-order chi connectivity index (χ1) is 8.57. The Morgan fingerprint density at radius 1 is 1.33 bits per heavy atom. The average Bonchev–Trinajstić information content (AvgIpc) is 2.38. The van der Waals surface area contributed by atoms with E-state index >= 15 is 0 Å². The van der Waals surface area contributed by atoms with Crippen molar-refractivity contribution in [2.45, 2.75) is 46.7 Å². The molecule has 0 aliphatic rings. The molecule has 0 amide bonds. The molecule has 3 heteroatoms. The van der Waals surface area contributed by atoms with Gasteiger partial charge in [0.05, 0.1) is 0 Å². The first kappa shape index (κ1) is 15.0. The molecule has 1 aromatic rings. The lowest BCUT2D eigenvalue weighted by Crippen LogP contribution is -2.34. The molecule has 0 saturated heterocycles. The molecule has 0 saturated carbocycles. The summed E-state index contributed by atoms with van der Waals surface area (Å²) in [5.41, 5.74) is 2.57. The minimum atomic E-state index is 0.525. The summed E-state index contributed by atoms with van der Waals surface area (Å²) >= 11 is 0. The molecular weight excluding hydrogens is 222 g/mol. The van der Waals surface area contributed by atoms with Crippen molar-refractivity contribution in [3.63, 3.8) is 0 Å². The van der Waals surface area contributed by atoms with E-state index in [0.29, 0.717) is 12.0 Å². The van der Waals surface area contributed by atoms with Crippen molar-refractivity contribution in [2.75, 3.05) is 18.5 Å². The zero-order valence-corrected chi connectivity index (χ0v) is 12.4. The predicted molar refractivity (Wildman–Crippen MR) is 78.9 cm³/mol. The van der Waals surface area contributed by atoms with Gasteiger partial charge >= 0.3 is 0 Å². The Morgan fingerprint density at radius 2 is 2.06 bits per heavy atom. The quantitative estimate of drug-likeness (QED) is 0.753. The monoisotopic (exact) mass is 249 g/mol. The molecule has 0 aliphatic carbocycles. The highest BCUT2D eigenvalue weighted by Crippen LogP contribution is 2.22. The SMILES string of the molecule is CCCNCc1cnccc1N(C)C(C)C(C)C. The van der Waals surface area contributed by atoms with Gasteiger partial charge in [-0.25, -0.2) is 0 Å². The van der Waals surface area contributed by atoms with Gasteiger partial charge in [-0.2, -0.15) is 0 Å². The highest BCUT2D eigenvalue weighted by atomic mass is 15.1. The van der Waals surface area contributed by atoms with Gasteiger partial charge < -0.3 is 10.2 Å². The fourth-order valence-corrected chi connectivity index (χ4v) is 1.97. The molecule has 102 valence electrons. The molecule has 1 aromatic heterocycles. The lowest BCUT2D eigenvalue weighted by atomic mass is 10.0. The van der Waals surface area contributed by atoms with Crippen LogP contribution < -0.4 is 10.2 Å². The number of hydrogen-bond donors (Lipinski definition) is 1. The standard InChI is InChI=1S/C15H27N3/c1-6-8-16-10-14-11-17-9-7-15(14)18(5)13(4)12(2)3/h7,9,11-13,16H,6,8,10H2,1-5H3. The number of anilines is 1. The van der Waals surface area contributed by atoms with Crippen LogP contribution in [0.4, 0.5) is 5.69 Å². The minimum absolute atomic E-state index is 0.525. The topological polar surface area (TPSA) is 28.2 Å². The maximum Gasteiger partial charge on any atom is 0.0442 e. The van der Waals surface area contributed by atoms with Crippen LogP contribution in [0.15, 0.2) is 18.5 Å². The lowest BCUT2D eigenvalue weighted by Gasteiger charge is -2.31. The smallest absolute Gasteiger partial charge is 0.0442 e. The van der Waals surface area contributed by atoms with Gasteiger partial charge in [-0.1, -0.05) is 20.8 Å². The highest BCUT2D eigenvalue weighted by Gasteiger charge is 2.16. The first-order valence-corrected chi connectivity index (χ1v) is 6.94. The number of aromatic nitrogens is 1. The van der Waals surface area contributed by atoms with E-state index in [1.807, 2.05) is 12.4 Å². The molecule has 0 bridgehead atoms. The van der Waals surface area contributed by atoms with Crippen LogP contribution in [0.3, 0.4) is 0 Å². The summed E-state index contributed by atoms with van der Waals surface area (Å²) in [6.07, 6.45) is 5.01. The minimum Gasteiger partial charge on any atom is -0.371 e. The van der Waals surface area contributed by atoms with E-state index in [2.05, 4.69) is 56.0 Å². The zero-order chi connectivity index (χ0) is 13.5. The van der Waals surface area contributed by atoms with Crippen LogP contribution in [0.5, 0.6) is 0 Å². The summed E-state index contributed by atoms with van der Waals surface area (Å²) in [5, 5.41) is 3.45. The summed E-state index contributed by atoms with van der Waals surface area (Å²) < 4.78 is 0. The van der Waals surface area contributed by atoms with Crippen LogP contribution in [-0.2, 0) is 6.54 Å². The zero-order valence-electron chi connectivity index (χ0n) is 12.4. The van der Waals surface area contributed by atoms with E-state index in [-0.39, 0.29) is 0 Å². The molecule has 1 unspecified atom stereocenters. The Hall–Kier alpha value is -1.09. The summed E-state index contributed by atoms with van der Waals surface area (Å²) in [6, 6.07) is 2.64. The second-order valence-electron chi connectivity index (χ2n) is 5.28. The van der Waals surface area contributed by atoms with Gasteiger partial charge in [-0.3, -0.25) is 4.98 Å². The number of nitrogens with zero attached hydrogens (tertiary/aromatic N) is 2. The molecule has 0 fully saturated rings. The van der Waals surface area contributed by atoms with Gasteiger partial charge in [-0.05, 0) is 31.9 Å². The van der Waals surface area contributed by atoms with Crippen LogP contribution in [0.2, 0.25) is 0 Å². The third-order valence-electron chi connectivity index (χ3n) is 3.58. The third-order valence-corrected chi connectivity index (χ3v) is 3.58. The van der Waals surface area contributed by atoms with E-state index in [9.17, 15) is 0 Å². The van der Waals surface area contributed by atoms with Crippen LogP contribution in [0.25, 0.3) is 0 Å². The second kappa shape index (κ2) is 7.37. The van der Waals surface area contributed by atoms with E-state index in [0.717, 1.165) is 19.5 Å². The van der Waals surface area contributed by atoms with Gasteiger partial charge in [-0.15, -0.1) is 0 Å². The van der Waals surface area contributed by atoms with E-state index in [4.69, 9.17) is 0 Å². The normalized spacial score (nSPS) is 12.8. The molecule has 18 heavy (non-hydrogen) atoms. The average molecular weight is 249 g/mol. The molecule has 1 atom stereocenters. The Kier molecular flexibility index (Phi) is 6.13. The van der Waals surface area contributed by atoms with Crippen molar-refractivity contribution < 1.29 is 0 Å². The second-order valence-corrected chi connectivity index (χ2v) is 5.28. The molecule has 0 radical (unpaired) electrons. The van der Waals surface area contributed by atoms with Gasteiger partial charge in [0.15, 0.2) is 0 Å². The molecule has 0 aromatic carbocycles. The number of nitrogens with one attached hydrogen (secondary N) is 1. The molecule has 3 nitrogen and oxygen atoms in total. The largest absolute Gasteiger partial charge is 0.371 e. The van der Waals surface area contributed by atoms with Crippen LogP contribution >= 0.6 is 0 Å².